The molecule has 0 saturated carbocycles. The average Bonchev–Trinajstić information content (AvgIpc) is 2.30. The van der Waals surface area contributed by atoms with E-state index in [1.54, 1.807) is 0 Å². The van der Waals surface area contributed by atoms with Crippen LogP contribution in [0.1, 0.15) is 0 Å². The highest BCUT2D eigenvalue weighted by molar-refractivity contribution is 9.10. The van der Waals surface area contributed by atoms with Crippen LogP contribution in [0.5, 0.6) is 5.75 Å². The first kappa shape index (κ1) is 10.4. The van der Waals surface area contributed by atoms with E-state index < -0.39 is 12.7 Å². The lowest BCUT2D eigenvalue weighted by Gasteiger charge is -2.06. The molecule has 1 rings (SSSR count). The van der Waals surface area contributed by atoms with Crippen LogP contribution in [-0.4, -0.2) is 23.1 Å². The maximum atomic E-state index is 11.9. The molecule has 0 aliphatic rings. The summed E-state index contributed by atoms with van der Waals surface area (Å²) in [5.41, 5.74) is 0. The molecule has 0 radical (unpaired) electrons. The van der Waals surface area contributed by atoms with E-state index in [1.807, 2.05) is 0 Å². The van der Waals surface area contributed by atoms with E-state index in [9.17, 15) is 13.2 Å². The summed E-state index contributed by atoms with van der Waals surface area (Å²) in [6.07, 6.45) is -3.06. The number of ether oxygens (including phenoxy) is 1. The predicted molar refractivity (Wildman–Crippen MR) is 42.5 cm³/mol. The van der Waals surface area contributed by atoms with Crippen molar-refractivity contribution in [1.29, 1.82) is 0 Å². The fraction of sp³-hybridized carbons (Fsp3) is 0.500. The second-order valence-corrected chi connectivity index (χ2v) is 3.03. The molecule has 0 atom stereocenters. The Morgan fingerprint density at radius 3 is 2.62 bits per heavy atom. The monoisotopic (exact) mass is 258 g/mol. The van der Waals surface area contributed by atoms with Crippen molar-refractivity contribution in [2.75, 3.05) is 7.11 Å². The highest BCUT2D eigenvalue weighted by Gasteiger charge is 2.29. The molecule has 74 valence electrons. The molecule has 0 bridgehead atoms. The van der Waals surface area contributed by atoms with Crippen LogP contribution in [0.25, 0.3) is 0 Å². The Bertz CT molecular complexity index is 297. The van der Waals surface area contributed by atoms with Gasteiger partial charge in [0.05, 0.1) is 13.3 Å². The van der Waals surface area contributed by atoms with Crippen molar-refractivity contribution >= 4 is 15.9 Å². The first-order valence-corrected chi connectivity index (χ1v) is 4.05. The van der Waals surface area contributed by atoms with Gasteiger partial charge in [0.15, 0.2) is 5.75 Å². The van der Waals surface area contributed by atoms with Crippen molar-refractivity contribution in [2.24, 2.45) is 0 Å². The molecule has 0 unspecified atom stereocenters. The number of aromatic nitrogens is 2. The molecule has 0 amide bonds. The SMILES string of the molecule is COc1cnn(CC(F)(F)F)c1Br. The lowest BCUT2D eigenvalue weighted by molar-refractivity contribution is -0.143. The molecule has 1 aromatic heterocycles. The van der Waals surface area contributed by atoms with E-state index in [4.69, 9.17) is 4.74 Å². The van der Waals surface area contributed by atoms with Crippen molar-refractivity contribution < 1.29 is 17.9 Å². The Morgan fingerprint density at radius 1 is 1.62 bits per heavy atom. The van der Waals surface area contributed by atoms with E-state index >= 15 is 0 Å². The fourth-order valence-electron chi connectivity index (χ4n) is 0.770. The zero-order valence-electron chi connectivity index (χ0n) is 6.60. The predicted octanol–water partition coefficient (Wildman–Crippen LogP) is 2.22. The van der Waals surface area contributed by atoms with Gasteiger partial charge in [-0.05, 0) is 15.9 Å². The second kappa shape index (κ2) is 3.57. The molecule has 0 aliphatic carbocycles. The Hall–Kier alpha value is -0.720. The molecule has 1 heterocycles. The van der Waals surface area contributed by atoms with E-state index in [1.165, 1.54) is 13.3 Å². The number of halogens is 4. The fourth-order valence-corrected chi connectivity index (χ4v) is 1.25. The maximum Gasteiger partial charge on any atom is 0.408 e. The second-order valence-electron chi connectivity index (χ2n) is 2.28. The molecule has 0 fully saturated rings. The summed E-state index contributed by atoms with van der Waals surface area (Å²) < 4.78 is 41.4. The summed E-state index contributed by atoms with van der Waals surface area (Å²) >= 11 is 2.94. The van der Waals surface area contributed by atoms with Crippen LogP contribution in [0, 0.1) is 0 Å². The van der Waals surface area contributed by atoms with E-state index in [0.29, 0.717) is 0 Å². The van der Waals surface area contributed by atoms with Gasteiger partial charge in [0.25, 0.3) is 0 Å². The number of rotatable bonds is 2. The molecule has 0 saturated heterocycles. The highest BCUT2D eigenvalue weighted by Crippen LogP contribution is 2.27. The summed E-state index contributed by atoms with van der Waals surface area (Å²) in [4.78, 5) is 0. The van der Waals surface area contributed by atoms with Crippen molar-refractivity contribution in [3.8, 4) is 5.75 Å². The lowest BCUT2D eigenvalue weighted by Crippen LogP contribution is -2.18. The summed E-state index contributed by atoms with van der Waals surface area (Å²) in [6, 6.07) is 0. The molecule has 0 spiro atoms. The minimum absolute atomic E-state index is 0.187. The normalized spacial score (nSPS) is 11.8. The lowest BCUT2D eigenvalue weighted by atomic mass is 10.6. The summed E-state index contributed by atoms with van der Waals surface area (Å²) in [6.45, 7) is -1.13. The van der Waals surface area contributed by atoms with Gasteiger partial charge >= 0.3 is 6.18 Å². The van der Waals surface area contributed by atoms with Crippen molar-refractivity contribution in [2.45, 2.75) is 12.7 Å². The number of hydrogen-bond acceptors (Lipinski definition) is 2. The minimum Gasteiger partial charge on any atom is -0.492 e. The maximum absolute atomic E-state index is 11.9. The van der Waals surface area contributed by atoms with Gasteiger partial charge in [-0.3, -0.25) is 0 Å². The van der Waals surface area contributed by atoms with Crippen molar-refractivity contribution in [3.63, 3.8) is 0 Å². The largest absolute Gasteiger partial charge is 0.492 e. The van der Waals surface area contributed by atoms with Crippen LogP contribution < -0.4 is 4.74 Å². The van der Waals surface area contributed by atoms with E-state index in [0.717, 1.165) is 4.68 Å². The smallest absolute Gasteiger partial charge is 0.408 e. The topological polar surface area (TPSA) is 27.1 Å². The Kier molecular flexibility index (Phi) is 2.84. The van der Waals surface area contributed by atoms with Crippen LogP contribution in [0.2, 0.25) is 0 Å². The molecule has 13 heavy (non-hydrogen) atoms. The zero-order chi connectivity index (χ0) is 10.1. The van der Waals surface area contributed by atoms with Crippen molar-refractivity contribution in [1.82, 2.24) is 9.78 Å². The Morgan fingerprint density at radius 2 is 2.23 bits per heavy atom. The molecule has 0 aliphatic heterocycles. The molecule has 0 N–H and O–H groups in total. The quantitative estimate of drug-likeness (QED) is 0.814. The average molecular weight is 259 g/mol. The molecule has 3 nitrogen and oxygen atoms in total. The van der Waals surface area contributed by atoms with Gasteiger partial charge in [-0.2, -0.15) is 18.3 Å². The van der Waals surface area contributed by atoms with Crippen LogP contribution in [-0.2, 0) is 6.54 Å². The highest BCUT2D eigenvalue weighted by atomic mass is 79.9. The van der Waals surface area contributed by atoms with Crippen LogP contribution in [0.4, 0.5) is 13.2 Å². The third-order valence-corrected chi connectivity index (χ3v) is 2.09. The van der Waals surface area contributed by atoms with Gasteiger partial charge in [-0.25, -0.2) is 4.68 Å². The summed E-state index contributed by atoms with van der Waals surface area (Å²) in [7, 11) is 1.36. The number of hydrogen-bond donors (Lipinski definition) is 0. The Balaban J connectivity index is 2.84. The number of alkyl halides is 3. The van der Waals surface area contributed by atoms with Crippen LogP contribution in [0.15, 0.2) is 10.8 Å². The van der Waals surface area contributed by atoms with Gasteiger partial charge in [0, 0.05) is 0 Å². The van der Waals surface area contributed by atoms with Crippen LogP contribution >= 0.6 is 15.9 Å². The van der Waals surface area contributed by atoms with Crippen molar-refractivity contribution in [3.05, 3.63) is 10.8 Å². The summed E-state index contributed by atoms with van der Waals surface area (Å²) in [5.74, 6) is 0.282. The third kappa shape index (κ3) is 2.61. The molecular formula is C6H6BrF3N2O. The summed E-state index contributed by atoms with van der Waals surface area (Å²) in [5, 5.41) is 3.50. The molecule has 7 heteroatoms. The van der Waals surface area contributed by atoms with Gasteiger partial charge in [0.2, 0.25) is 0 Å². The molecular weight excluding hydrogens is 253 g/mol. The van der Waals surface area contributed by atoms with Gasteiger partial charge in [0.1, 0.15) is 11.1 Å². The zero-order valence-corrected chi connectivity index (χ0v) is 8.18. The Labute approximate surface area is 80.6 Å². The van der Waals surface area contributed by atoms with Gasteiger partial charge < -0.3 is 4.74 Å². The third-order valence-electron chi connectivity index (χ3n) is 1.29. The van der Waals surface area contributed by atoms with E-state index in [2.05, 4.69) is 21.0 Å². The molecule has 0 aromatic carbocycles. The first-order valence-electron chi connectivity index (χ1n) is 3.26. The number of methoxy groups -OCH3 is 1. The van der Waals surface area contributed by atoms with Gasteiger partial charge in [-0.15, -0.1) is 0 Å². The first-order chi connectivity index (χ1) is 5.94. The van der Waals surface area contributed by atoms with Gasteiger partial charge in [-0.1, -0.05) is 0 Å². The number of nitrogens with zero attached hydrogens (tertiary/aromatic N) is 2. The van der Waals surface area contributed by atoms with E-state index in [-0.39, 0.29) is 10.4 Å². The minimum atomic E-state index is -4.28. The molecule has 1 aromatic rings. The standard InChI is InChI=1S/C6H6BrF3N2O/c1-13-4-2-11-12(5(4)7)3-6(8,9)10/h2H,3H2,1H3. The van der Waals surface area contributed by atoms with Crippen LogP contribution in [0.3, 0.4) is 0 Å².